The fourth-order valence-electron chi connectivity index (χ4n) is 2.75. The molecule has 0 saturated heterocycles. The van der Waals surface area contributed by atoms with Gasteiger partial charge in [-0.2, -0.15) is 0 Å². The Bertz CT molecular complexity index is 908. The number of fused-ring (bicyclic) bond motifs is 1. The molecule has 0 fully saturated rings. The highest BCUT2D eigenvalue weighted by Crippen LogP contribution is 2.25. The molecule has 2 rings (SSSR count). The minimum absolute atomic E-state index is 0.00574. The van der Waals surface area contributed by atoms with E-state index < -0.39 is 12.0 Å². The van der Waals surface area contributed by atoms with E-state index in [1.165, 1.54) is 11.3 Å². The summed E-state index contributed by atoms with van der Waals surface area (Å²) in [6, 6.07) is -0.909. The minimum atomic E-state index is -1.04. The average molecular weight is 394 g/mol. The predicted octanol–water partition coefficient (Wildman–Crippen LogP) is 2.93. The van der Waals surface area contributed by atoms with Gasteiger partial charge in [-0.1, -0.05) is 20.8 Å². The first-order chi connectivity index (χ1) is 12.5. The molecule has 2 aromatic heterocycles. The Hall–Kier alpha value is -2.22. The van der Waals surface area contributed by atoms with Crippen LogP contribution >= 0.6 is 11.3 Å². The van der Waals surface area contributed by atoms with Gasteiger partial charge in [0.05, 0.1) is 5.39 Å². The van der Waals surface area contributed by atoms with E-state index >= 15 is 0 Å². The molecule has 0 bridgehead atoms. The second-order valence-electron chi connectivity index (χ2n) is 8.03. The molecular formula is C19H27N3O4S. The number of carbonyl (C=O) groups is 2. The third-order valence-electron chi connectivity index (χ3n) is 4.49. The smallest absolute Gasteiger partial charge is 0.326 e. The third-order valence-corrected chi connectivity index (χ3v) is 5.59. The van der Waals surface area contributed by atoms with E-state index in [1.807, 2.05) is 34.6 Å². The normalized spacial score (nSPS) is 12.9. The number of aromatic amines is 1. The maximum atomic E-state index is 12.3. The van der Waals surface area contributed by atoms with Gasteiger partial charge in [0.15, 0.2) is 0 Å². The van der Waals surface area contributed by atoms with Gasteiger partial charge in [-0.3, -0.25) is 9.59 Å². The van der Waals surface area contributed by atoms with E-state index in [1.54, 1.807) is 0 Å². The number of carbonyl (C=O) groups excluding carboxylic acids is 1. The standard InChI is InChI=1S/C19H27N3O4S/c1-10-11(2)27-17-15(10)16(24)21-13(22-17)6-7-14(23)20-12(18(25)26)8-9-19(3,4)5/h12H,6-9H2,1-5H3,(H,20,23)(H,25,26)(H,21,22,24). The summed E-state index contributed by atoms with van der Waals surface area (Å²) < 4.78 is 0. The maximum absolute atomic E-state index is 12.3. The number of aliphatic carboxylic acids is 1. The summed E-state index contributed by atoms with van der Waals surface area (Å²) in [5.74, 6) is -0.965. The van der Waals surface area contributed by atoms with E-state index in [4.69, 9.17) is 0 Å². The van der Waals surface area contributed by atoms with Crippen molar-refractivity contribution in [3.63, 3.8) is 0 Å². The van der Waals surface area contributed by atoms with Crippen LogP contribution in [0.3, 0.4) is 0 Å². The highest BCUT2D eigenvalue weighted by molar-refractivity contribution is 7.18. The summed E-state index contributed by atoms with van der Waals surface area (Å²) in [6.07, 6.45) is 1.38. The van der Waals surface area contributed by atoms with Crippen LogP contribution in [0.1, 0.15) is 56.3 Å². The number of nitrogens with zero attached hydrogens (tertiary/aromatic N) is 1. The van der Waals surface area contributed by atoms with Gasteiger partial charge in [0.25, 0.3) is 5.56 Å². The average Bonchev–Trinajstić information content (AvgIpc) is 2.83. The molecule has 1 unspecified atom stereocenters. The summed E-state index contributed by atoms with van der Waals surface area (Å²) in [7, 11) is 0. The Morgan fingerprint density at radius 3 is 2.56 bits per heavy atom. The number of carboxylic acids is 1. The van der Waals surface area contributed by atoms with Gasteiger partial charge in [-0.15, -0.1) is 11.3 Å². The molecule has 0 aliphatic rings. The van der Waals surface area contributed by atoms with E-state index in [-0.39, 0.29) is 29.7 Å². The van der Waals surface area contributed by atoms with Crippen LogP contribution < -0.4 is 10.9 Å². The molecule has 0 aliphatic carbocycles. The number of hydrogen-bond donors (Lipinski definition) is 3. The molecule has 7 nitrogen and oxygen atoms in total. The van der Waals surface area contributed by atoms with Crippen molar-refractivity contribution in [2.24, 2.45) is 5.41 Å². The van der Waals surface area contributed by atoms with Gasteiger partial charge in [0.2, 0.25) is 5.91 Å². The number of carboxylic acid groups (broad SMARTS) is 1. The first kappa shape index (κ1) is 21.1. The lowest BCUT2D eigenvalue weighted by molar-refractivity contribution is -0.142. The molecule has 3 N–H and O–H groups in total. The van der Waals surface area contributed by atoms with Crippen molar-refractivity contribution < 1.29 is 14.7 Å². The molecular weight excluding hydrogens is 366 g/mol. The predicted molar refractivity (Wildman–Crippen MR) is 106 cm³/mol. The number of aryl methyl sites for hydroxylation is 3. The van der Waals surface area contributed by atoms with Crippen molar-refractivity contribution in [3.05, 3.63) is 26.6 Å². The Morgan fingerprint density at radius 2 is 1.96 bits per heavy atom. The van der Waals surface area contributed by atoms with Crippen LogP contribution in [0.4, 0.5) is 0 Å². The Morgan fingerprint density at radius 1 is 1.30 bits per heavy atom. The second kappa shape index (κ2) is 8.21. The fourth-order valence-corrected chi connectivity index (χ4v) is 3.80. The molecule has 8 heteroatoms. The number of hydrogen-bond acceptors (Lipinski definition) is 5. The van der Waals surface area contributed by atoms with Crippen molar-refractivity contribution in [2.75, 3.05) is 0 Å². The quantitative estimate of drug-likeness (QED) is 0.669. The summed E-state index contributed by atoms with van der Waals surface area (Å²) in [5.41, 5.74) is 0.718. The molecule has 0 aromatic carbocycles. The number of aromatic nitrogens is 2. The van der Waals surface area contributed by atoms with Crippen LogP contribution in [0.2, 0.25) is 0 Å². The largest absolute Gasteiger partial charge is 0.480 e. The van der Waals surface area contributed by atoms with Gasteiger partial charge < -0.3 is 15.4 Å². The van der Waals surface area contributed by atoms with Gasteiger partial charge in [0, 0.05) is 17.7 Å². The lowest BCUT2D eigenvalue weighted by Crippen LogP contribution is -2.41. The van der Waals surface area contributed by atoms with Gasteiger partial charge >= 0.3 is 5.97 Å². The highest BCUT2D eigenvalue weighted by atomic mass is 32.1. The van der Waals surface area contributed by atoms with Crippen molar-refractivity contribution in [2.45, 2.75) is 66.3 Å². The first-order valence-electron chi connectivity index (χ1n) is 8.99. The van der Waals surface area contributed by atoms with Crippen LogP contribution in [0.25, 0.3) is 10.2 Å². The summed E-state index contributed by atoms with van der Waals surface area (Å²) in [5, 5.41) is 12.5. The van der Waals surface area contributed by atoms with Crippen LogP contribution in [0, 0.1) is 19.3 Å². The first-order valence-corrected chi connectivity index (χ1v) is 9.80. The highest BCUT2D eigenvalue weighted by Gasteiger charge is 2.23. The fraction of sp³-hybridized carbons (Fsp3) is 0.579. The van der Waals surface area contributed by atoms with E-state index in [9.17, 15) is 19.5 Å². The third kappa shape index (κ3) is 5.63. The SMILES string of the molecule is Cc1sc2nc(CCC(=O)NC(CCC(C)(C)C)C(=O)O)[nH]c(=O)c2c1C. The van der Waals surface area contributed by atoms with Crippen LogP contribution in [-0.4, -0.2) is 33.0 Å². The van der Waals surface area contributed by atoms with Crippen molar-refractivity contribution in [1.29, 1.82) is 0 Å². The number of amides is 1. The Balaban J connectivity index is 2.01. The lowest BCUT2D eigenvalue weighted by atomic mass is 9.88. The number of thiophene rings is 1. The molecule has 0 aliphatic heterocycles. The minimum Gasteiger partial charge on any atom is -0.480 e. The molecule has 148 valence electrons. The van der Waals surface area contributed by atoms with E-state index in [0.29, 0.717) is 28.9 Å². The van der Waals surface area contributed by atoms with E-state index in [2.05, 4.69) is 15.3 Å². The van der Waals surface area contributed by atoms with Crippen molar-refractivity contribution >= 4 is 33.4 Å². The summed E-state index contributed by atoms with van der Waals surface area (Å²) >= 11 is 1.46. The summed E-state index contributed by atoms with van der Waals surface area (Å²) in [4.78, 5) is 44.7. The monoisotopic (exact) mass is 393 g/mol. The molecule has 27 heavy (non-hydrogen) atoms. The van der Waals surface area contributed by atoms with Crippen LogP contribution in [0.15, 0.2) is 4.79 Å². The second-order valence-corrected chi connectivity index (χ2v) is 9.24. The molecule has 0 radical (unpaired) electrons. The van der Waals surface area contributed by atoms with Gasteiger partial charge in [0.1, 0.15) is 16.7 Å². The van der Waals surface area contributed by atoms with Crippen molar-refractivity contribution in [3.8, 4) is 0 Å². The molecule has 2 aromatic rings. The Kier molecular flexibility index (Phi) is 6.41. The molecule has 1 atom stereocenters. The van der Waals surface area contributed by atoms with Crippen LogP contribution in [-0.2, 0) is 16.0 Å². The number of nitrogens with one attached hydrogen (secondary N) is 2. The zero-order valence-corrected chi connectivity index (χ0v) is 17.2. The Labute approximate surface area is 162 Å². The molecule has 0 spiro atoms. The van der Waals surface area contributed by atoms with Crippen molar-refractivity contribution in [1.82, 2.24) is 15.3 Å². The molecule has 1 amide bonds. The molecule has 0 saturated carbocycles. The van der Waals surface area contributed by atoms with Gasteiger partial charge in [-0.25, -0.2) is 9.78 Å². The molecule has 2 heterocycles. The van der Waals surface area contributed by atoms with Crippen LogP contribution in [0.5, 0.6) is 0 Å². The maximum Gasteiger partial charge on any atom is 0.326 e. The van der Waals surface area contributed by atoms with E-state index in [0.717, 1.165) is 10.4 Å². The lowest BCUT2D eigenvalue weighted by Gasteiger charge is -2.21. The van der Waals surface area contributed by atoms with Gasteiger partial charge in [-0.05, 0) is 37.7 Å². The number of rotatable bonds is 7. The zero-order valence-electron chi connectivity index (χ0n) is 16.4. The summed E-state index contributed by atoms with van der Waals surface area (Å²) in [6.45, 7) is 9.92. The number of H-pyrrole nitrogens is 1. The zero-order chi connectivity index (χ0) is 20.4. The topological polar surface area (TPSA) is 112 Å².